The minimum atomic E-state index is -0.250. The fourth-order valence-electron chi connectivity index (χ4n) is 5.34. The molecule has 3 aliphatic heterocycles. The molecule has 2 aromatic rings. The summed E-state index contributed by atoms with van der Waals surface area (Å²) in [5.74, 6) is 0.872. The van der Waals surface area contributed by atoms with Crippen LogP contribution in [0.3, 0.4) is 0 Å². The first-order valence-corrected chi connectivity index (χ1v) is 9.23. The number of aliphatic hydroxyl groups is 1. The Morgan fingerprint density at radius 2 is 2.19 bits per heavy atom. The number of nitrogens with zero attached hydrogens (tertiary/aromatic N) is 2. The number of carbonyl (C=O) groups is 1. The number of hydrogen-bond acceptors (Lipinski definition) is 4. The molecule has 140 valence electrons. The molecular weight excluding hydrogens is 332 g/mol. The van der Waals surface area contributed by atoms with E-state index in [0.717, 1.165) is 26.1 Å². The fraction of sp³-hybridized carbons (Fsp3) is 0.550. The number of ether oxygens (including phenoxy) is 1. The van der Waals surface area contributed by atoms with Crippen molar-refractivity contribution in [1.82, 2.24) is 9.47 Å². The summed E-state index contributed by atoms with van der Waals surface area (Å²) in [4.78, 5) is 10.9. The molecule has 3 saturated heterocycles. The van der Waals surface area contributed by atoms with Gasteiger partial charge >= 0.3 is 0 Å². The summed E-state index contributed by atoms with van der Waals surface area (Å²) in [5, 5.41) is 17.9. The van der Waals surface area contributed by atoms with E-state index in [2.05, 4.69) is 47.0 Å². The summed E-state index contributed by atoms with van der Waals surface area (Å²) in [6, 6.07) is 8.96. The SMILES string of the molecule is Cn1ccc2cc(CN3C[C@@H]4[C@H](CO)[C@H]5CC[C@]4(C3)O5)ccc21.O=CO. The van der Waals surface area contributed by atoms with Crippen molar-refractivity contribution in [2.75, 3.05) is 19.7 Å². The third-order valence-electron chi connectivity index (χ3n) is 6.42. The van der Waals surface area contributed by atoms with Gasteiger partial charge in [-0.2, -0.15) is 0 Å². The number of benzene rings is 1. The smallest absolute Gasteiger partial charge is 0.290 e. The number of carboxylic acid groups (broad SMARTS) is 1. The van der Waals surface area contributed by atoms with Crippen LogP contribution in [0.1, 0.15) is 18.4 Å². The number of aromatic nitrogens is 1. The van der Waals surface area contributed by atoms with Gasteiger partial charge in [-0.15, -0.1) is 0 Å². The van der Waals surface area contributed by atoms with Crippen LogP contribution in [0.2, 0.25) is 0 Å². The number of hydrogen-bond donors (Lipinski definition) is 2. The molecule has 6 heteroatoms. The van der Waals surface area contributed by atoms with E-state index in [1.165, 1.54) is 22.9 Å². The predicted octanol–water partition coefficient (Wildman–Crippen LogP) is 1.85. The summed E-state index contributed by atoms with van der Waals surface area (Å²) < 4.78 is 8.49. The molecule has 3 fully saturated rings. The van der Waals surface area contributed by atoms with E-state index in [0.29, 0.717) is 17.9 Å². The van der Waals surface area contributed by atoms with Gasteiger partial charge in [-0.05, 0) is 42.0 Å². The van der Waals surface area contributed by atoms with Gasteiger partial charge in [0.25, 0.3) is 6.47 Å². The number of aryl methyl sites for hydroxylation is 1. The first kappa shape index (κ1) is 17.5. The molecule has 0 aliphatic carbocycles. The second-order valence-corrected chi connectivity index (χ2v) is 7.81. The molecular formula is C20H26N2O4. The largest absolute Gasteiger partial charge is 0.483 e. The van der Waals surface area contributed by atoms with Crippen LogP contribution >= 0.6 is 0 Å². The second kappa shape index (κ2) is 6.68. The molecule has 0 amide bonds. The summed E-state index contributed by atoms with van der Waals surface area (Å²) >= 11 is 0. The molecule has 2 N–H and O–H groups in total. The Labute approximate surface area is 153 Å². The van der Waals surface area contributed by atoms with Crippen molar-refractivity contribution >= 4 is 17.4 Å². The predicted molar refractivity (Wildman–Crippen MR) is 97.8 cm³/mol. The van der Waals surface area contributed by atoms with Crippen molar-refractivity contribution in [3.8, 4) is 0 Å². The molecule has 6 nitrogen and oxygen atoms in total. The Bertz CT molecular complexity index is 804. The summed E-state index contributed by atoms with van der Waals surface area (Å²) in [6.45, 7) is 3.10. The van der Waals surface area contributed by atoms with E-state index < -0.39 is 0 Å². The Morgan fingerprint density at radius 1 is 1.38 bits per heavy atom. The monoisotopic (exact) mass is 358 g/mol. The molecule has 0 unspecified atom stereocenters. The van der Waals surface area contributed by atoms with Crippen molar-refractivity contribution in [2.24, 2.45) is 18.9 Å². The topological polar surface area (TPSA) is 74.9 Å². The molecule has 5 rings (SSSR count). The molecule has 4 heterocycles. The van der Waals surface area contributed by atoms with E-state index in [-0.39, 0.29) is 18.7 Å². The van der Waals surface area contributed by atoms with E-state index in [4.69, 9.17) is 14.6 Å². The Balaban J connectivity index is 0.000000527. The van der Waals surface area contributed by atoms with E-state index >= 15 is 0 Å². The van der Waals surface area contributed by atoms with E-state index in [1.54, 1.807) is 0 Å². The van der Waals surface area contributed by atoms with Crippen LogP contribution in [-0.4, -0.2) is 57.6 Å². The van der Waals surface area contributed by atoms with Crippen LogP contribution in [0.4, 0.5) is 0 Å². The van der Waals surface area contributed by atoms with Crippen molar-refractivity contribution in [3.63, 3.8) is 0 Å². The average Bonchev–Trinajstić information content (AvgIpc) is 3.34. The molecule has 3 aliphatic rings. The van der Waals surface area contributed by atoms with Crippen molar-refractivity contribution < 1.29 is 19.7 Å². The lowest BCUT2D eigenvalue weighted by Gasteiger charge is -2.28. The maximum Gasteiger partial charge on any atom is 0.290 e. The van der Waals surface area contributed by atoms with Gasteiger partial charge < -0.3 is 19.5 Å². The van der Waals surface area contributed by atoms with Crippen molar-refractivity contribution in [2.45, 2.75) is 31.1 Å². The minimum absolute atomic E-state index is 0.0366. The number of rotatable bonds is 3. The summed E-state index contributed by atoms with van der Waals surface area (Å²) in [7, 11) is 2.09. The van der Waals surface area contributed by atoms with Gasteiger partial charge in [-0.25, -0.2) is 0 Å². The van der Waals surface area contributed by atoms with Gasteiger partial charge in [0.15, 0.2) is 0 Å². The van der Waals surface area contributed by atoms with Crippen LogP contribution in [0.15, 0.2) is 30.5 Å². The standard InChI is InChI=1S/C19H24N2O2.CH2O2/c1-20-7-5-14-8-13(2-3-17(14)20)9-21-10-16-15(11-22)18-4-6-19(16,12-21)23-18;2-1-3/h2-3,5,7-8,15-16,18,22H,4,6,9-12H2,1H3;1H,(H,2,3)/t15-,16+,18+,19+;/m0./s1. The van der Waals surface area contributed by atoms with Gasteiger partial charge in [0, 0.05) is 56.8 Å². The molecule has 1 spiro atoms. The molecule has 1 aromatic heterocycles. The molecule has 26 heavy (non-hydrogen) atoms. The Morgan fingerprint density at radius 3 is 2.96 bits per heavy atom. The lowest BCUT2D eigenvalue weighted by Crippen LogP contribution is -2.37. The van der Waals surface area contributed by atoms with Crippen LogP contribution in [0.5, 0.6) is 0 Å². The van der Waals surface area contributed by atoms with E-state index in [1.807, 2.05) is 0 Å². The zero-order valence-corrected chi connectivity index (χ0v) is 15.0. The second-order valence-electron chi connectivity index (χ2n) is 7.81. The molecule has 1 aromatic carbocycles. The quantitative estimate of drug-likeness (QED) is 0.819. The third-order valence-corrected chi connectivity index (χ3v) is 6.42. The highest BCUT2D eigenvalue weighted by Crippen LogP contribution is 2.54. The van der Waals surface area contributed by atoms with Crippen LogP contribution in [0, 0.1) is 11.8 Å². The highest BCUT2D eigenvalue weighted by atomic mass is 16.5. The lowest BCUT2D eigenvalue weighted by atomic mass is 9.74. The number of fused-ring (bicyclic) bond motifs is 2. The zero-order valence-electron chi connectivity index (χ0n) is 15.0. The van der Waals surface area contributed by atoms with Gasteiger partial charge in [0.2, 0.25) is 0 Å². The fourth-order valence-corrected chi connectivity index (χ4v) is 5.34. The van der Waals surface area contributed by atoms with Gasteiger partial charge in [0.05, 0.1) is 11.7 Å². The molecule has 4 atom stereocenters. The molecule has 0 saturated carbocycles. The molecule has 2 bridgehead atoms. The van der Waals surface area contributed by atoms with E-state index in [9.17, 15) is 5.11 Å². The minimum Gasteiger partial charge on any atom is -0.483 e. The highest BCUT2D eigenvalue weighted by molar-refractivity contribution is 5.80. The summed E-state index contributed by atoms with van der Waals surface area (Å²) in [6.07, 6.45) is 4.73. The number of likely N-dealkylation sites (tertiary alicyclic amines) is 1. The Hall–Kier alpha value is -1.89. The van der Waals surface area contributed by atoms with Gasteiger partial charge in [-0.3, -0.25) is 9.69 Å². The first-order valence-electron chi connectivity index (χ1n) is 9.23. The number of aliphatic hydroxyl groups excluding tert-OH is 1. The van der Waals surface area contributed by atoms with Crippen LogP contribution < -0.4 is 0 Å². The maximum atomic E-state index is 9.73. The molecule has 0 radical (unpaired) electrons. The third kappa shape index (κ3) is 2.73. The van der Waals surface area contributed by atoms with Crippen LogP contribution in [-0.2, 0) is 23.1 Å². The Kier molecular flexibility index (Phi) is 4.50. The van der Waals surface area contributed by atoms with Crippen LogP contribution in [0.25, 0.3) is 10.9 Å². The van der Waals surface area contributed by atoms with Gasteiger partial charge in [-0.1, -0.05) is 6.07 Å². The zero-order chi connectivity index (χ0) is 18.3. The lowest BCUT2D eigenvalue weighted by molar-refractivity contribution is -0.122. The van der Waals surface area contributed by atoms with Crippen molar-refractivity contribution in [1.29, 1.82) is 0 Å². The van der Waals surface area contributed by atoms with Crippen molar-refractivity contribution in [3.05, 3.63) is 36.0 Å². The first-order chi connectivity index (χ1) is 12.6. The van der Waals surface area contributed by atoms with Gasteiger partial charge in [0.1, 0.15) is 0 Å². The summed E-state index contributed by atoms with van der Waals surface area (Å²) in [5.41, 5.74) is 2.69. The normalized spacial score (nSPS) is 32.5. The average molecular weight is 358 g/mol. The maximum absolute atomic E-state index is 9.73. The highest BCUT2D eigenvalue weighted by Gasteiger charge is 2.62.